The number of aryl methyl sites for hydroxylation is 1. The molecule has 0 bridgehead atoms. The van der Waals surface area contributed by atoms with E-state index in [1.165, 1.54) is 14.2 Å². The van der Waals surface area contributed by atoms with Crippen LogP contribution in [0.4, 0.5) is 5.69 Å². The van der Waals surface area contributed by atoms with E-state index in [-0.39, 0.29) is 13.2 Å². The maximum absolute atomic E-state index is 12.2. The van der Waals surface area contributed by atoms with Gasteiger partial charge in [-0.2, -0.15) is 5.10 Å². The molecular formula is C10H14N4O6. The summed E-state index contributed by atoms with van der Waals surface area (Å²) in [5.74, 6) is -2.05. The van der Waals surface area contributed by atoms with E-state index in [4.69, 9.17) is 9.84 Å². The molecule has 1 rings (SSSR count). The van der Waals surface area contributed by atoms with Gasteiger partial charge in [-0.25, -0.2) is 0 Å². The normalized spacial score (nSPS) is 10.3. The molecule has 110 valence electrons. The molecular weight excluding hydrogens is 272 g/mol. The Bertz CT molecular complexity index is 526. The smallest absolute Gasteiger partial charge is 0.323 e. The fourth-order valence-electron chi connectivity index (χ4n) is 1.53. The van der Waals surface area contributed by atoms with Crippen molar-refractivity contribution < 1.29 is 24.4 Å². The molecule has 0 fully saturated rings. The highest BCUT2D eigenvalue weighted by Gasteiger charge is 2.29. The second-order valence-corrected chi connectivity index (χ2v) is 3.91. The van der Waals surface area contributed by atoms with E-state index < -0.39 is 34.7 Å². The standard InChI is InChI=1S/C10H14N4O6/c1-12-5-7(14(18)19)9(11-12)10(17)13(3-4-20-2)6-8(15)16/h5H,3-4,6H2,1-2H3,(H,15,16). The number of carboxylic acids is 1. The average Bonchev–Trinajstić information content (AvgIpc) is 2.75. The van der Waals surface area contributed by atoms with E-state index >= 15 is 0 Å². The van der Waals surface area contributed by atoms with Crippen molar-refractivity contribution in [1.29, 1.82) is 0 Å². The van der Waals surface area contributed by atoms with E-state index in [9.17, 15) is 19.7 Å². The van der Waals surface area contributed by atoms with Gasteiger partial charge in [0, 0.05) is 20.7 Å². The molecule has 1 N–H and O–H groups in total. The third-order valence-electron chi connectivity index (χ3n) is 2.39. The molecule has 0 aliphatic rings. The highest BCUT2D eigenvalue weighted by atomic mass is 16.6. The number of rotatable bonds is 7. The van der Waals surface area contributed by atoms with Crippen LogP contribution in [0, 0.1) is 10.1 Å². The van der Waals surface area contributed by atoms with E-state index in [1.807, 2.05) is 0 Å². The number of hydrogen-bond acceptors (Lipinski definition) is 6. The van der Waals surface area contributed by atoms with Gasteiger partial charge in [0.2, 0.25) is 5.69 Å². The van der Waals surface area contributed by atoms with Gasteiger partial charge in [0.05, 0.1) is 11.5 Å². The summed E-state index contributed by atoms with van der Waals surface area (Å²) in [4.78, 5) is 33.9. The molecule has 0 saturated heterocycles. The molecule has 20 heavy (non-hydrogen) atoms. The number of nitro groups is 1. The van der Waals surface area contributed by atoms with Crippen LogP contribution in [0.1, 0.15) is 10.5 Å². The van der Waals surface area contributed by atoms with Gasteiger partial charge in [0.15, 0.2) is 0 Å². The number of methoxy groups -OCH3 is 1. The lowest BCUT2D eigenvalue weighted by molar-refractivity contribution is -0.385. The van der Waals surface area contributed by atoms with E-state index in [1.54, 1.807) is 0 Å². The van der Waals surface area contributed by atoms with Gasteiger partial charge < -0.3 is 14.7 Å². The zero-order chi connectivity index (χ0) is 15.3. The van der Waals surface area contributed by atoms with Gasteiger partial charge in [0.1, 0.15) is 12.7 Å². The van der Waals surface area contributed by atoms with E-state index in [0.29, 0.717) is 0 Å². The average molecular weight is 286 g/mol. The van der Waals surface area contributed by atoms with Crippen molar-refractivity contribution in [3.8, 4) is 0 Å². The SMILES string of the molecule is COCCN(CC(=O)O)C(=O)c1nn(C)cc1[N+](=O)[O-]. The van der Waals surface area contributed by atoms with Crippen LogP contribution in [0.2, 0.25) is 0 Å². The maximum Gasteiger partial charge on any atom is 0.323 e. The first-order valence-corrected chi connectivity index (χ1v) is 5.54. The quantitative estimate of drug-likeness (QED) is 0.528. The molecule has 1 amide bonds. The van der Waals surface area contributed by atoms with Crippen LogP contribution in [0.15, 0.2) is 6.20 Å². The minimum Gasteiger partial charge on any atom is -0.480 e. The Morgan fingerprint density at radius 3 is 2.75 bits per heavy atom. The molecule has 0 aliphatic heterocycles. The number of ether oxygens (including phenoxy) is 1. The number of carbonyl (C=O) groups excluding carboxylic acids is 1. The van der Waals surface area contributed by atoms with Crippen LogP contribution >= 0.6 is 0 Å². The van der Waals surface area contributed by atoms with Crippen molar-refractivity contribution >= 4 is 17.6 Å². The second kappa shape index (κ2) is 6.61. The van der Waals surface area contributed by atoms with Crippen LogP contribution in [-0.2, 0) is 16.6 Å². The lowest BCUT2D eigenvalue weighted by atomic mass is 10.3. The number of nitrogens with zero attached hydrogens (tertiary/aromatic N) is 4. The van der Waals surface area contributed by atoms with Gasteiger partial charge in [-0.05, 0) is 0 Å². The Kier molecular flexibility index (Phi) is 5.15. The van der Waals surface area contributed by atoms with Crippen LogP contribution in [0.3, 0.4) is 0 Å². The zero-order valence-corrected chi connectivity index (χ0v) is 11.0. The summed E-state index contributed by atoms with van der Waals surface area (Å²) in [7, 11) is 2.83. The minimum atomic E-state index is -1.23. The fraction of sp³-hybridized carbons (Fsp3) is 0.500. The Balaban J connectivity index is 3.04. The maximum atomic E-state index is 12.2. The molecule has 0 aliphatic carbocycles. The fourth-order valence-corrected chi connectivity index (χ4v) is 1.53. The summed E-state index contributed by atoms with van der Waals surface area (Å²) in [6.45, 7) is -0.481. The molecule has 0 radical (unpaired) electrons. The van der Waals surface area contributed by atoms with Crippen molar-refractivity contribution in [3.63, 3.8) is 0 Å². The largest absolute Gasteiger partial charge is 0.480 e. The van der Waals surface area contributed by atoms with Crippen molar-refractivity contribution in [2.45, 2.75) is 0 Å². The Morgan fingerprint density at radius 1 is 1.60 bits per heavy atom. The lowest BCUT2D eigenvalue weighted by Crippen LogP contribution is -2.38. The Morgan fingerprint density at radius 2 is 2.25 bits per heavy atom. The molecule has 1 aromatic heterocycles. The molecule has 10 heteroatoms. The van der Waals surface area contributed by atoms with E-state index in [2.05, 4.69) is 5.10 Å². The number of carbonyl (C=O) groups is 2. The molecule has 0 atom stereocenters. The van der Waals surface area contributed by atoms with Crippen LogP contribution in [0.25, 0.3) is 0 Å². The summed E-state index contributed by atoms with van der Waals surface area (Å²) < 4.78 is 5.90. The third kappa shape index (κ3) is 3.75. The monoisotopic (exact) mass is 286 g/mol. The van der Waals surface area contributed by atoms with Crippen LogP contribution < -0.4 is 0 Å². The van der Waals surface area contributed by atoms with Gasteiger partial charge in [0.25, 0.3) is 5.91 Å². The molecule has 0 aromatic carbocycles. The summed E-state index contributed by atoms with van der Waals surface area (Å²) in [5.41, 5.74) is -0.861. The van der Waals surface area contributed by atoms with Crippen molar-refractivity contribution in [3.05, 3.63) is 22.0 Å². The predicted molar refractivity (Wildman–Crippen MR) is 65.3 cm³/mol. The van der Waals surface area contributed by atoms with Crippen molar-refractivity contribution in [1.82, 2.24) is 14.7 Å². The highest BCUT2D eigenvalue weighted by Crippen LogP contribution is 2.18. The first-order valence-electron chi connectivity index (χ1n) is 5.54. The third-order valence-corrected chi connectivity index (χ3v) is 2.39. The molecule has 0 spiro atoms. The van der Waals surface area contributed by atoms with Crippen LogP contribution in [0.5, 0.6) is 0 Å². The zero-order valence-electron chi connectivity index (χ0n) is 11.0. The number of aromatic nitrogens is 2. The first-order chi connectivity index (χ1) is 9.36. The van der Waals surface area contributed by atoms with Crippen molar-refractivity contribution in [2.75, 3.05) is 26.8 Å². The molecule has 10 nitrogen and oxygen atoms in total. The highest BCUT2D eigenvalue weighted by molar-refractivity contribution is 5.97. The van der Waals surface area contributed by atoms with Gasteiger partial charge in [-0.3, -0.25) is 24.4 Å². The summed E-state index contributed by atoms with van der Waals surface area (Å²) >= 11 is 0. The molecule has 0 unspecified atom stereocenters. The Labute approximate surface area is 113 Å². The summed E-state index contributed by atoms with van der Waals surface area (Å²) in [6.07, 6.45) is 1.09. The number of aliphatic carboxylic acids is 1. The molecule has 1 heterocycles. The summed E-state index contributed by atoms with van der Waals surface area (Å²) in [5, 5.41) is 23.3. The topological polar surface area (TPSA) is 128 Å². The van der Waals surface area contributed by atoms with E-state index in [0.717, 1.165) is 15.8 Å². The van der Waals surface area contributed by atoms with Crippen LogP contribution in [-0.4, -0.2) is 63.4 Å². The second-order valence-electron chi connectivity index (χ2n) is 3.91. The number of hydrogen-bond donors (Lipinski definition) is 1. The predicted octanol–water partition coefficient (Wildman–Crippen LogP) is -0.498. The first kappa shape index (κ1) is 15.6. The summed E-state index contributed by atoms with van der Waals surface area (Å²) in [6, 6.07) is 0. The lowest BCUT2D eigenvalue weighted by Gasteiger charge is -2.18. The molecule has 1 aromatic rings. The van der Waals surface area contributed by atoms with Gasteiger partial charge in [-0.1, -0.05) is 0 Å². The van der Waals surface area contributed by atoms with Gasteiger partial charge >= 0.3 is 11.7 Å². The Hall–Kier alpha value is -2.49. The number of amides is 1. The van der Waals surface area contributed by atoms with Gasteiger partial charge in [-0.15, -0.1) is 0 Å². The minimum absolute atomic E-state index is 0.00460. The molecule has 0 saturated carbocycles. The van der Waals surface area contributed by atoms with Crippen molar-refractivity contribution in [2.24, 2.45) is 7.05 Å². The number of carboxylic acid groups (broad SMARTS) is 1.